The monoisotopic (exact) mass is 284 g/mol. The zero-order valence-electron chi connectivity index (χ0n) is 12.2. The highest BCUT2D eigenvalue weighted by Gasteiger charge is 2.21. The number of anilines is 2. The Bertz CT molecular complexity index is 396. The maximum absolute atomic E-state index is 10.3. The lowest BCUT2D eigenvalue weighted by Crippen LogP contribution is -2.35. The molecule has 0 aliphatic rings. The fourth-order valence-electron chi connectivity index (χ4n) is 1.63. The van der Waals surface area contributed by atoms with Crippen LogP contribution in [-0.4, -0.2) is 40.0 Å². The Morgan fingerprint density at radius 3 is 2.21 bits per heavy atom. The minimum absolute atomic E-state index is 0.496. The van der Waals surface area contributed by atoms with Gasteiger partial charge >= 0.3 is 0 Å². The molecule has 1 heterocycles. The van der Waals surface area contributed by atoms with E-state index in [1.165, 1.54) is 11.8 Å². The smallest absolute Gasteiger partial charge is 0.191 e. The van der Waals surface area contributed by atoms with E-state index in [9.17, 15) is 5.11 Å². The topological polar surface area (TPSA) is 70.1 Å². The summed E-state index contributed by atoms with van der Waals surface area (Å²) in [5, 5.41) is 17.4. The van der Waals surface area contributed by atoms with E-state index in [0.717, 1.165) is 36.2 Å². The Hall–Kier alpha value is -1.01. The van der Waals surface area contributed by atoms with Crippen molar-refractivity contribution < 1.29 is 5.11 Å². The number of aliphatic hydroxyl groups is 1. The van der Waals surface area contributed by atoms with Gasteiger partial charge in [0.2, 0.25) is 0 Å². The summed E-state index contributed by atoms with van der Waals surface area (Å²) >= 11 is 1.50. The first-order chi connectivity index (χ1) is 9.06. The number of aromatic nitrogens is 2. The molecule has 0 atom stereocenters. The molecule has 0 aliphatic carbocycles. The molecule has 6 heteroatoms. The highest BCUT2D eigenvalue weighted by Crippen LogP contribution is 2.19. The molecule has 5 nitrogen and oxygen atoms in total. The summed E-state index contributed by atoms with van der Waals surface area (Å²) in [6.07, 6.45) is 3.39. The minimum atomic E-state index is -0.678. The van der Waals surface area contributed by atoms with Crippen molar-refractivity contribution in [1.29, 1.82) is 0 Å². The van der Waals surface area contributed by atoms with E-state index in [-0.39, 0.29) is 0 Å². The van der Waals surface area contributed by atoms with Crippen molar-refractivity contribution >= 4 is 23.4 Å². The Balaban J connectivity index is 2.79. The van der Waals surface area contributed by atoms with Crippen LogP contribution in [0.5, 0.6) is 0 Å². The van der Waals surface area contributed by atoms with E-state index in [0.29, 0.717) is 6.54 Å². The number of hydrogen-bond acceptors (Lipinski definition) is 6. The maximum Gasteiger partial charge on any atom is 0.191 e. The second-order valence-electron chi connectivity index (χ2n) is 4.44. The molecule has 1 rings (SSSR count). The van der Waals surface area contributed by atoms with Crippen LogP contribution in [0.4, 0.5) is 11.6 Å². The van der Waals surface area contributed by atoms with E-state index in [1.54, 1.807) is 0 Å². The molecule has 0 aromatic carbocycles. The average molecular weight is 284 g/mol. The highest BCUT2D eigenvalue weighted by atomic mass is 32.2. The van der Waals surface area contributed by atoms with Crippen molar-refractivity contribution in [3.05, 3.63) is 6.07 Å². The van der Waals surface area contributed by atoms with Crippen LogP contribution in [0.1, 0.15) is 33.6 Å². The number of nitrogens with zero attached hydrogens (tertiary/aromatic N) is 2. The first-order valence-corrected chi connectivity index (χ1v) is 7.92. The summed E-state index contributed by atoms with van der Waals surface area (Å²) in [5.74, 6) is 1.55. The standard InChI is InChI=1S/C13H24N4OS/c1-5-13(18,6-2)9-15-11-8-10(14-7-3)16-12(17-11)19-4/h8,18H,5-7,9H2,1-4H3,(H2,14,15,16,17). The molecular weight excluding hydrogens is 260 g/mol. The Morgan fingerprint density at radius 2 is 1.74 bits per heavy atom. The van der Waals surface area contributed by atoms with Crippen LogP contribution in [0.15, 0.2) is 11.2 Å². The highest BCUT2D eigenvalue weighted by molar-refractivity contribution is 7.98. The van der Waals surface area contributed by atoms with Gasteiger partial charge in [-0.1, -0.05) is 25.6 Å². The lowest BCUT2D eigenvalue weighted by Gasteiger charge is -2.25. The molecule has 0 amide bonds. The molecule has 0 unspecified atom stereocenters. The SMILES string of the molecule is CCNc1cc(NCC(O)(CC)CC)nc(SC)n1. The normalized spacial score (nSPS) is 11.4. The van der Waals surface area contributed by atoms with Gasteiger partial charge in [-0.15, -0.1) is 0 Å². The van der Waals surface area contributed by atoms with Crippen LogP contribution in [0, 0.1) is 0 Å². The Kier molecular flexibility index (Phi) is 6.37. The van der Waals surface area contributed by atoms with Crippen molar-refractivity contribution in [3.63, 3.8) is 0 Å². The first-order valence-electron chi connectivity index (χ1n) is 6.70. The Labute approximate surface area is 119 Å². The lowest BCUT2D eigenvalue weighted by atomic mass is 9.98. The van der Waals surface area contributed by atoms with Crippen LogP contribution in [0.25, 0.3) is 0 Å². The van der Waals surface area contributed by atoms with Gasteiger partial charge in [-0.25, -0.2) is 9.97 Å². The molecule has 0 spiro atoms. The summed E-state index contributed by atoms with van der Waals surface area (Å²) in [7, 11) is 0. The second kappa shape index (κ2) is 7.55. The van der Waals surface area contributed by atoms with Gasteiger partial charge in [-0.05, 0) is 26.0 Å². The summed E-state index contributed by atoms with van der Waals surface area (Å²) in [5.41, 5.74) is -0.678. The van der Waals surface area contributed by atoms with Gasteiger partial charge in [0.25, 0.3) is 0 Å². The molecule has 0 fully saturated rings. The average Bonchev–Trinajstić information content (AvgIpc) is 2.45. The van der Waals surface area contributed by atoms with Gasteiger partial charge in [-0.3, -0.25) is 0 Å². The lowest BCUT2D eigenvalue weighted by molar-refractivity contribution is 0.0456. The third-order valence-corrected chi connectivity index (χ3v) is 3.71. The summed E-state index contributed by atoms with van der Waals surface area (Å²) in [6, 6.07) is 1.87. The van der Waals surface area contributed by atoms with E-state index in [2.05, 4.69) is 20.6 Å². The molecule has 19 heavy (non-hydrogen) atoms. The van der Waals surface area contributed by atoms with Crippen molar-refractivity contribution in [2.24, 2.45) is 0 Å². The molecule has 0 bridgehead atoms. The fraction of sp³-hybridized carbons (Fsp3) is 0.692. The van der Waals surface area contributed by atoms with Gasteiger partial charge in [0.15, 0.2) is 5.16 Å². The van der Waals surface area contributed by atoms with E-state index in [1.807, 2.05) is 33.1 Å². The van der Waals surface area contributed by atoms with Crippen molar-refractivity contribution in [3.8, 4) is 0 Å². The molecule has 1 aromatic heterocycles. The third-order valence-electron chi connectivity index (χ3n) is 3.16. The van der Waals surface area contributed by atoms with Crippen molar-refractivity contribution in [2.75, 3.05) is 30.0 Å². The first kappa shape index (κ1) is 16.0. The van der Waals surface area contributed by atoms with Gasteiger partial charge in [0.1, 0.15) is 11.6 Å². The molecule has 3 N–H and O–H groups in total. The van der Waals surface area contributed by atoms with Gasteiger partial charge in [0, 0.05) is 19.2 Å². The van der Waals surface area contributed by atoms with Crippen LogP contribution in [0.2, 0.25) is 0 Å². The molecule has 1 aromatic rings. The molecule has 108 valence electrons. The molecule has 0 radical (unpaired) electrons. The summed E-state index contributed by atoms with van der Waals surface area (Å²) in [6.45, 7) is 7.32. The van der Waals surface area contributed by atoms with Crippen LogP contribution < -0.4 is 10.6 Å². The predicted molar refractivity (Wildman–Crippen MR) is 82.0 cm³/mol. The zero-order valence-corrected chi connectivity index (χ0v) is 13.0. The molecule has 0 saturated carbocycles. The molecule has 0 saturated heterocycles. The number of nitrogens with one attached hydrogen (secondary N) is 2. The van der Waals surface area contributed by atoms with Crippen molar-refractivity contribution in [1.82, 2.24) is 9.97 Å². The van der Waals surface area contributed by atoms with Crippen LogP contribution in [0.3, 0.4) is 0 Å². The van der Waals surface area contributed by atoms with E-state index in [4.69, 9.17) is 0 Å². The fourth-order valence-corrected chi connectivity index (χ4v) is 2.01. The van der Waals surface area contributed by atoms with Gasteiger partial charge < -0.3 is 15.7 Å². The quantitative estimate of drug-likeness (QED) is 0.503. The third kappa shape index (κ3) is 4.87. The molecular formula is C13H24N4OS. The maximum atomic E-state index is 10.3. The van der Waals surface area contributed by atoms with Gasteiger partial charge in [0.05, 0.1) is 5.60 Å². The van der Waals surface area contributed by atoms with E-state index < -0.39 is 5.60 Å². The summed E-state index contributed by atoms with van der Waals surface area (Å²) in [4.78, 5) is 8.76. The van der Waals surface area contributed by atoms with Crippen molar-refractivity contribution in [2.45, 2.75) is 44.4 Å². The minimum Gasteiger partial charge on any atom is -0.388 e. The zero-order chi connectivity index (χ0) is 14.3. The van der Waals surface area contributed by atoms with Gasteiger partial charge in [-0.2, -0.15) is 0 Å². The largest absolute Gasteiger partial charge is 0.388 e. The van der Waals surface area contributed by atoms with Crippen LogP contribution in [-0.2, 0) is 0 Å². The predicted octanol–water partition coefficient (Wildman–Crippen LogP) is 2.59. The number of rotatable bonds is 8. The van der Waals surface area contributed by atoms with Crippen LogP contribution >= 0.6 is 11.8 Å². The Morgan fingerprint density at radius 1 is 1.16 bits per heavy atom. The molecule has 0 aliphatic heterocycles. The van der Waals surface area contributed by atoms with E-state index >= 15 is 0 Å². The second-order valence-corrected chi connectivity index (χ2v) is 5.21. The summed E-state index contributed by atoms with van der Waals surface area (Å²) < 4.78 is 0. The number of hydrogen-bond donors (Lipinski definition) is 3. The number of thioether (sulfide) groups is 1.